The smallest absolute Gasteiger partial charge is 0.148 e. The van der Waals surface area contributed by atoms with Gasteiger partial charge in [0.2, 0.25) is 0 Å². The fourth-order valence-electron chi connectivity index (χ4n) is 1.96. The summed E-state index contributed by atoms with van der Waals surface area (Å²) in [4.78, 5) is 3.80. The highest BCUT2D eigenvalue weighted by atomic mass is 79.9. The fourth-order valence-corrected chi connectivity index (χ4v) is 2.43. The van der Waals surface area contributed by atoms with E-state index >= 15 is 0 Å². The van der Waals surface area contributed by atoms with Crippen LogP contribution in [-0.2, 0) is 0 Å². The molecular formula is C14H10BrFN2O. The van der Waals surface area contributed by atoms with Gasteiger partial charge in [0.15, 0.2) is 0 Å². The van der Waals surface area contributed by atoms with Gasteiger partial charge in [-0.3, -0.25) is 4.98 Å². The van der Waals surface area contributed by atoms with Crippen LogP contribution >= 0.6 is 15.9 Å². The molecule has 2 N–H and O–H groups in total. The lowest BCUT2D eigenvalue weighted by atomic mass is 10.1. The normalized spacial score (nSPS) is 12.8. The number of hydrogen-bond acceptors (Lipinski definition) is 3. The lowest BCUT2D eigenvalue weighted by Gasteiger charge is -2.08. The van der Waals surface area contributed by atoms with Gasteiger partial charge in [-0.15, -0.1) is 0 Å². The number of aromatic nitrogens is 1. The van der Waals surface area contributed by atoms with Crippen molar-refractivity contribution in [3.05, 3.63) is 64.3 Å². The number of hydrogen-bond donors (Lipinski definition) is 1. The molecule has 1 atom stereocenters. The van der Waals surface area contributed by atoms with E-state index in [2.05, 4.69) is 20.9 Å². The van der Waals surface area contributed by atoms with Crippen molar-refractivity contribution in [2.45, 2.75) is 6.04 Å². The Morgan fingerprint density at radius 1 is 1.26 bits per heavy atom. The van der Waals surface area contributed by atoms with Gasteiger partial charge in [0, 0.05) is 11.6 Å². The topological polar surface area (TPSA) is 52.0 Å². The van der Waals surface area contributed by atoms with Crippen molar-refractivity contribution in [1.29, 1.82) is 0 Å². The minimum atomic E-state index is -0.539. The number of benzene rings is 1. The summed E-state index contributed by atoms with van der Waals surface area (Å²) in [5.41, 5.74) is 7.40. The predicted octanol–water partition coefficient (Wildman–Crippen LogP) is 3.78. The molecule has 0 amide bonds. The van der Waals surface area contributed by atoms with Crippen LogP contribution in [-0.4, -0.2) is 4.98 Å². The monoisotopic (exact) mass is 320 g/mol. The number of para-hydroxylation sites is 1. The summed E-state index contributed by atoms with van der Waals surface area (Å²) < 4.78 is 19.8. The van der Waals surface area contributed by atoms with Crippen LogP contribution in [0.5, 0.6) is 0 Å². The van der Waals surface area contributed by atoms with Gasteiger partial charge < -0.3 is 10.2 Å². The molecule has 0 aliphatic carbocycles. The summed E-state index contributed by atoms with van der Waals surface area (Å²) in [6.07, 6.45) is 2.68. The molecular weight excluding hydrogens is 311 g/mol. The minimum Gasteiger partial charge on any atom is -0.458 e. The van der Waals surface area contributed by atoms with E-state index in [1.54, 1.807) is 0 Å². The maximum absolute atomic E-state index is 13.2. The van der Waals surface area contributed by atoms with Crippen LogP contribution in [0.3, 0.4) is 0 Å². The fraction of sp³-hybridized carbons (Fsp3) is 0.0714. The van der Waals surface area contributed by atoms with Crippen molar-refractivity contribution in [3.63, 3.8) is 0 Å². The van der Waals surface area contributed by atoms with Gasteiger partial charge in [0.25, 0.3) is 0 Å². The largest absolute Gasteiger partial charge is 0.458 e. The third-order valence-corrected chi connectivity index (χ3v) is 3.53. The van der Waals surface area contributed by atoms with E-state index in [0.29, 0.717) is 11.3 Å². The first-order valence-corrected chi connectivity index (χ1v) is 6.48. The van der Waals surface area contributed by atoms with E-state index in [4.69, 9.17) is 10.2 Å². The summed E-state index contributed by atoms with van der Waals surface area (Å²) in [6.45, 7) is 0. The Bertz CT molecular complexity index is 741. The molecule has 0 fully saturated rings. The molecule has 3 rings (SSSR count). The lowest BCUT2D eigenvalue weighted by Crippen LogP contribution is -2.11. The van der Waals surface area contributed by atoms with Crippen LogP contribution in [0.4, 0.5) is 4.39 Å². The number of halogens is 2. The Labute approximate surface area is 117 Å². The van der Waals surface area contributed by atoms with Crippen LogP contribution in [0.25, 0.3) is 11.0 Å². The number of nitrogens with two attached hydrogens (primary N) is 1. The first-order chi connectivity index (χ1) is 9.15. The zero-order chi connectivity index (χ0) is 13.4. The molecule has 0 aliphatic rings. The number of fused-ring (bicyclic) bond motifs is 1. The molecule has 0 saturated carbocycles. The van der Waals surface area contributed by atoms with Crippen molar-refractivity contribution in [2.24, 2.45) is 5.73 Å². The van der Waals surface area contributed by atoms with Gasteiger partial charge in [-0.2, -0.15) is 0 Å². The number of furan rings is 1. The molecule has 0 radical (unpaired) electrons. The quantitative estimate of drug-likeness (QED) is 0.781. The van der Waals surface area contributed by atoms with Crippen molar-refractivity contribution in [2.75, 3.05) is 0 Å². The summed E-state index contributed by atoms with van der Waals surface area (Å²) >= 11 is 3.42. The Hall–Kier alpha value is -1.72. The predicted molar refractivity (Wildman–Crippen MR) is 74.1 cm³/mol. The van der Waals surface area contributed by atoms with E-state index in [1.165, 1.54) is 12.3 Å². The number of nitrogens with zero attached hydrogens (tertiary/aromatic N) is 1. The van der Waals surface area contributed by atoms with E-state index in [9.17, 15) is 4.39 Å². The minimum absolute atomic E-state index is 0.412. The molecule has 1 aromatic carbocycles. The van der Waals surface area contributed by atoms with Crippen LogP contribution in [0.1, 0.15) is 17.4 Å². The van der Waals surface area contributed by atoms with Gasteiger partial charge in [-0.25, -0.2) is 4.39 Å². The maximum Gasteiger partial charge on any atom is 0.148 e. The zero-order valence-corrected chi connectivity index (χ0v) is 11.4. The molecule has 0 saturated heterocycles. The van der Waals surface area contributed by atoms with E-state index in [1.807, 2.05) is 24.3 Å². The molecule has 0 bridgehead atoms. The molecule has 0 aliphatic heterocycles. The van der Waals surface area contributed by atoms with Crippen LogP contribution in [0, 0.1) is 5.82 Å². The van der Waals surface area contributed by atoms with Gasteiger partial charge >= 0.3 is 0 Å². The van der Waals surface area contributed by atoms with Gasteiger partial charge in [-0.05, 0) is 39.7 Å². The SMILES string of the molecule is NC(c1cncc(F)c1)c1cc2cccc(Br)c2o1. The van der Waals surface area contributed by atoms with E-state index < -0.39 is 11.9 Å². The highest BCUT2D eigenvalue weighted by molar-refractivity contribution is 9.10. The number of pyridine rings is 1. The van der Waals surface area contributed by atoms with Crippen molar-refractivity contribution in [1.82, 2.24) is 4.98 Å². The molecule has 19 heavy (non-hydrogen) atoms. The second-order valence-corrected chi connectivity index (χ2v) is 5.08. The molecule has 3 nitrogen and oxygen atoms in total. The Kier molecular flexibility index (Phi) is 3.08. The maximum atomic E-state index is 13.2. The van der Waals surface area contributed by atoms with Crippen LogP contribution < -0.4 is 5.73 Å². The first kappa shape index (κ1) is 12.3. The third-order valence-electron chi connectivity index (χ3n) is 2.91. The van der Waals surface area contributed by atoms with E-state index in [-0.39, 0.29) is 0 Å². The standard InChI is InChI=1S/C14H10BrFN2O/c15-11-3-1-2-8-5-12(19-14(8)11)13(17)9-4-10(16)7-18-6-9/h1-7,13H,17H2. The van der Waals surface area contributed by atoms with Crippen molar-refractivity contribution < 1.29 is 8.81 Å². The molecule has 5 heteroatoms. The highest BCUT2D eigenvalue weighted by Crippen LogP contribution is 2.31. The Morgan fingerprint density at radius 2 is 2.11 bits per heavy atom. The average Bonchev–Trinajstić information content (AvgIpc) is 2.83. The Balaban J connectivity index is 2.06. The van der Waals surface area contributed by atoms with E-state index in [0.717, 1.165) is 21.6 Å². The van der Waals surface area contributed by atoms with Crippen LogP contribution in [0.15, 0.2) is 51.6 Å². The van der Waals surface area contributed by atoms with Gasteiger partial charge in [0.1, 0.15) is 17.2 Å². The first-order valence-electron chi connectivity index (χ1n) is 5.69. The van der Waals surface area contributed by atoms with Crippen molar-refractivity contribution >= 4 is 26.9 Å². The summed E-state index contributed by atoms with van der Waals surface area (Å²) in [5, 5.41) is 0.948. The third kappa shape index (κ3) is 2.27. The van der Waals surface area contributed by atoms with Crippen molar-refractivity contribution in [3.8, 4) is 0 Å². The second-order valence-electron chi connectivity index (χ2n) is 4.22. The average molecular weight is 321 g/mol. The van der Waals surface area contributed by atoms with Gasteiger partial charge in [-0.1, -0.05) is 12.1 Å². The molecule has 96 valence electrons. The summed E-state index contributed by atoms with van der Waals surface area (Å²) in [7, 11) is 0. The van der Waals surface area contributed by atoms with Crippen LogP contribution in [0.2, 0.25) is 0 Å². The van der Waals surface area contributed by atoms with Gasteiger partial charge in [0.05, 0.1) is 16.7 Å². The molecule has 2 aromatic heterocycles. The highest BCUT2D eigenvalue weighted by Gasteiger charge is 2.16. The Morgan fingerprint density at radius 3 is 2.84 bits per heavy atom. The summed E-state index contributed by atoms with van der Waals surface area (Å²) in [5.74, 6) is 0.166. The molecule has 1 unspecified atom stereocenters. The zero-order valence-electron chi connectivity index (χ0n) is 9.81. The molecule has 0 spiro atoms. The summed E-state index contributed by atoms with van der Waals surface area (Å²) in [6, 6.07) is 8.42. The number of rotatable bonds is 2. The molecule has 3 aromatic rings. The molecule has 2 heterocycles. The lowest BCUT2D eigenvalue weighted by molar-refractivity contribution is 0.521. The second kappa shape index (κ2) is 4.75.